The number of hydrogen-bond acceptors (Lipinski definition) is 2. The lowest BCUT2D eigenvalue weighted by molar-refractivity contribution is 0.163. The Kier molecular flexibility index (Phi) is 6.17. The van der Waals surface area contributed by atoms with Gasteiger partial charge in [-0.1, -0.05) is 15.9 Å². The number of ether oxygens (including phenoxy) is 1. The fourth-order valence-electron chi connectivity index (χ4n) is 1.58. The van der Waals surface area contributed by atoms with E-state index in [1.165, 1.54) is 0 Å². The molecule has 4 heteroatoms. The molecule has 2 nitrogen and oxygen atoms in total. The molecule has 1 N–H and O–H groups in total. The Bertz CT molecular complexity index is 331. The predicted molar refractivity (Wildman–Crippen MR) is 70.4 cm³/mol. The van der Waals surface area contributed by atoms with Crippen molar-refractivity contribution < 1.29 is 9.84 Å². The van der Waals surface area contributed by atoms with Crippen LogP contribution in [-0.4, -0.2) is 24.2 Å². The zero-order valence-corrected chi connectivity index (χ0v) is 11.6. The SMILES string of the molecule is COc1ccc(Br)cc1CC(O)CCCCl. The Balaban J connectivity index is 2.67. The quantitative estimate of drug-likeness (QED) is 0.816. The van der Waals surface area contributed by atoms with Crippen LogP contribution in [0.2, 0.25) is 0 Å². The Labute approximate surface area is 110 Å². The van der Waals surface area contributed by atoms with E-state index >= 15 is 0 Å². The minimum Gasteiger partial charge on any atom is -0.496 e. The van der Waals surface area contributed by atoms with Gasteiger partial charge < -0.3 is 9.84 Å². The van der Waals surface area contributed by atoms with Crippen LogP contribution in [0.1, 0.15) is 18.4 Å². The maximum atomic E-state index is 9.82. The average molecular weight is 308 g/mol. The smallest absolute Gasteiger partial charge is 0.122 e. The van der Waals surface area contributed by atoms with E-state index in [-0.39, 0.29) is 6.10 Å². The van der Waals surface area contributed by atoms with Crippen molar-refractivity contribution in [3.05, 3.63) is 28.2 Å². The van der Waals surface area contributed by atoms with E-state index in [0.717, 1.165) is 28.6 Å². The molecule has 0 aromatic heterocycles. The molecule has 1 atom stereocenters. The fourth-order valence-corrected chi connectivity index (χ4v) is 2.14. The highest BCUT2D eigenvalue weighted by atomic mass is 79.9. The van der Waals surface area contributed by atoms with Crippen molar-refractivity contribution in [3.8, 4) is 5.75 Å². The summed E-state index contributed by atoms with van der Waals surface area (Å²) >= 11 is 9.00. The van der Waals surface area contributed by atoms with Gasteiger partial charge in [-0.05, 0) is 36.6 Å². The van der Waals surface area contributed by atoms with Gasteiger partial charge in [-0.15, -0.1) is 11.6 Å². The second-order valence-electron chi connectivity index (χ2n) is 3.65. The normalized spacial score (nSPS) is 12.5. The van der Waals surface area contributed by atoms with Crippen molar-refractivity contribution in [2.45, 2.75) is 25.4 Å². The minimum absolute atomic E-state index is 0.359. The summed E-state index contributed by atoms with van der Waals surface area (Å²) in [7, 11) is 1.64. The van der Waals surface area contributed by atoms with E-state index < -0.39 is 0 Å². The highest BCUT2D eigenvalue weighted by molar-refractivity contribution is 9.10. The van der Waals surface area contributed by atoms with Crippen molar-refractivity contribution in [2.24, 2.45) is 0 Å². The monoisotopic (exact) mass is 306 g/mol. The van der Waals surface area contributed by atoms with Crippen LogP contribution in [0.5, 0.6) is 5.75 Å². The summed E-state index contributed by atoms with van der Waals surface area (Å²) in [5, 5.41) is 9.82. The molecule has 0 heterocycles. The van der Waals surface area contributed by atoms with Gasteiger partial charge in [0.25, 0.3) is 0 Å². The molecule has 1 unspecified atom stereocenters. The maximum Gasteiger partial charge on any atom is 0.122 e. The van der Waals surface area contributed by atoms with Gasteiger partial charge in [-0.25, -0.2) is 0 Å². The van der Waals surface area contributed by atoms with Crippen LogP contribution >= 0.6 is 27.5 Å². The molecular formula is C12H16BrClO2. The third-order valence-corrected chi connectivity index (χ3v) is 3.13. The first kappa shape index (κ1) is 13.8. The van der Waals surface area contributed by atoms with Gasteiger partial charge >= 0.3 is 0 Å². The van der Waals surface area contributed by atoms with Gasteiger partial charge in [-0.2, -0.15) is 0 Å². The third-order valence-electron chi connectivity index (χ3n) is 2.37. The molecule has 0 aliphatic heterocycles. The summed E-state index contributed by atoms with van der Waals surface area (Å²) in [5.41, 5.74) is 1.01. The van der Waals surface area contributed by atoms with E-state index in [1.807, 2.05) is 18.2 Å². The second-order valence-corrected chi connectivity index (χ2v) is 4.94. The van der Waals surface area contributed by atoms with Crippen LogP contribution in [0.4, 0.5) is 0 Å². The van der Waals surface area contributed by atoms with E-state index in [1.54, 1.807) is 7.11 Å². The molecule has 16 heavy (non-hydrogen) atoms. The first-order chi connectivity index (χ1) is 7.67. The summed E-state index contributed by atoms with van der Waals surface area (Å²) in [6.07, 6.45) is 1.79. The second kappa shape index (κ2) is 7.15. The maximum absolute atomic E-state index is 9.82. The standard InChI is InChI=1S/C12H16BrClO2/c1-16-12-5-4-10(13)7-9(12)8-11(15)3-2-6-14/h4-5,7,11,15H,2-3,6,8H2,1H3. The van der Waals surface area contributed by atoms with Gasteiger partial charge in [0.2, 0.25) is 0 Å². The Hall–Kier alpha value is -0.250. The first-order valence-corrected chi connectivity index (χ1v) is 6.56. The molecule has 0 bridgehead atoms. The zero-order chi connectivity index (χ0) is 12.0. The molecule has 0 aliphatic rings. The topological polar surface area (TPSA) is 29.5 Å². The van der Waals surface area contributed by atoms with Crippen LogP contribution in [-0.2, 0) is 6.42 Å². The Morgan fingerprint density at radius 2 is 2.25 bits per heavy atom. The number of aliphatic hydroxyl groups is 1. The number of alkyl halides is 1. The van der Waals surface area contributed by atoms with E-state index in [9.17, 15) is 5.11 Å². The number of methoxy groups -OCH3 is 1. The molecule has 1 rings (SSSR count). The average Bonchev–Trinajstić information content (AvgIpc) is 2.27. The van der Waals surface area contributed by atoms with Crippen LogP contribution in [0.3, 0.4) is 0 Å². The van der Waals surface area contributed by atoms with Crippen LogP contribution < -0.4 is 4.74 Å². The molecular weight excluding hydrogens is 291 g/mol. The molecule has 0 saturated carbocycles. The molecule has 0 spiro atoms. The third kappa shape index (κ3) is 4.32. The van der Waals surface area contributed by atoms with Gasteiger partial charge in [0.15, 0.2) is 0 Å². The highest BCUT2D eigenvalue weighted by Crippen LogP contribution is 2.24. The van der Waals surface area contributed by atoms with Gasteiger partial charge in [0.05, 0.1) is 13.2 Å². The summed E-state index contributed by atoms with van der Waals surface area (Å²) < 4.78 is 6.24. The zero-order valence-electron chi connectivity index (χ0n) is 9.25. The Morgan fingerprint density at radius 3 is 2.88 bits per heavy atom. The van der Waals surface area contributed by atoms with Gasteiger partial charge in [-0.3, -0.25) is 0 Å². The van der Waals surface area contributed by atoms with Crippen molar-refractivity contribution >= 4 is 27.5 Å². The Morgan fingerprint density at radius 1 is 1.50 bits per heavy atom. The lowest BCUT2D eigenvalue weighted by Crippen LogP contribution is -2.11. The van der Waals surface area contributed by atoms with Crippen LogP contribution in [0.15, 0.2) is 22.7 Å². The highest BCUT2D eigenvalue weighted by Gasteiger charge is 2.10. The van der Waals surface area contributed by atoms with Crippen molar-refractivity contribution in [1.82, 2.24) is 0 Å². The van der Waals surface area contributed by atoms with Crippen LogP contribution in [0, 0.1) is 0 Å². The molecule has 0 aliphatic carbocycles. The molecule has 0 saturated heterocycles. The van der Waals surface area contributed by atoms with Crippen molar-refractivity contribution in [2.75, 3.05) is 13.0 Å². The van der Waals surface area contributed by atoms with E-state index in [4.69, 9.17) is 16.3 Å². The molecule has 1 aromatic carbocycles. The molecule has 90 valence electrons. The number of hydrogen-bond donors (Lipinski definition) is 1. The first-order valence-electron chi connectivity index (χ1n) is 5.23. The van der Waals surface area contributed by atoms with Crippen molar-refractivity contribution in [1.29, 1.82) is 0 Å². The number of aliphatic hydroxyl groups excluding tert-OH is 1. The summed E-state index contributed by atoms with van der Waals surface area (Å²) in [6, 6.07) is 5.80. The van der Waals surface area contributed by atoms with Gasteiger partial charge in [0.1, 0.15) is 5.75 Å². The number of rotatable bonds is 6. The van der Waals surface area contributed by atoms with Crippen LogP contribution in [0.25, 0.3) is 0 Å². The lowest BCUT2D eigenvalue weighted by atomic mass is 10.0. The molecule has 0 fully saturated rings. The predicted octanol–water partition coefficient (Wildman–Crippen LogP) is 3.38. The lowest BCUT2D eigenvalue weighted by Gasteiger charge is -2.13. The largest absolute Gasteiger partial charge is 0.496 e. The molecule has 0 radical (unpaired) electrons. The number of benzene rings is 1. The molecule has 1 aromatic rings. The summed E-state index contributed by atoms with van der Waals surface area (Å²) in [6.45, 7) is 0. The minimum atomic E-state index is -0.359. The van der Waals surface area contributed by atoms with Gasteiger partial charge in [0, 0.05) is 16.8 Å². The van der Waals surface area contributed by atoms with Crippen molar-refractivity contribution in [3.63, 3.8) is 0 Å². The summed E-state index contributed by atoms with van der Waals surface area (Å²) in [4.78, 5) is 0. The summed E-state index contributed by atoms with van der Waals surface area (Å²) in [5.74, 6) is 1.40. The molecule has 0 amide bonds. The number of halogens is 2. The van der Waals surface area contributed by atoms with E-state index in [2.05, 4.69) is 15.9 Å². The van der Waals surface area contributed by atoms with E-state index in [0.29, 0.717) is 12.3 Å². The fraction of sp³-hybridized carbons (Fsp3) is 0.500.